The lowest BCUT2D eigenvalue weighted by atomic mass is 9.94. The highest BCUT2D eigenvalue weighted by molar-refractivity contribution is 7.80. The summed E-state index contributed by atoms with van der Waals surface area (Å²) in [4.78, 5) is 14.2. The summed E-state index contributed by atoms with van der Waals surface area (Å²) in [6.07, 6.45) is 3.53. The Balaban J connectivity index is 2.15. The summed E-state index contributed by atoms with van der Waals surface area (Å²) in [5.41, 5.74) is 5.43. The van der Waals surface area contributed by atoms with E-state index in [1.54, 1.807) is 6.92 Å². The van der Waals surface area contributed by atoms with E-state index < -0.39 is 0 Å². The summed E-state index contributed by atoms with van der Waals surface area (Å²) in [7, 11) is 2.15. The fraction of sp³-hybridized carbons (Fsp3) is 0.833. The lowest BCUT2D eigenvalue weighted by molar-refractivity contribution is -0.122. The van der Waals surface area contributed by atoms with Gasteiger partial charge < -0.3 is 16.0 Å². The number of carbonyl (C=O) groups excluding carboxylic acids is 1. The Labute approximate surface area is 109 Å². The molecule has 1 unspecified atom stereocenters. The van der Waals surface area contributed by atoms with Crippen LogP contribution in [0.1, 0.15) is 26.2 Å². The summed E-state index contributed by atoms with van der Waals surface area (Å²) >= 11 is 4.79. The predicted molar refractivity (Wildman–Crippen MR) is 73.8 cm³/mol. The van der Waals surface area contributed by atoms with Crippen LogP contribution in [-0.2, 0) is 4.79 Å². The first-order chi connectivity index (χ1) is 8.00. The van der Waals surface area contributed by atoms with Crippen molar-refractivity contribution in [3.05, 3.63) is 0 Å². The van der Waals surface area contributed by atoms with Gasteiger partial charge in [-0.25, -0.2) is 0 Å². The maximum atomic E-state index is 11.6. The Hall–Kier alpha value is -0.680. The van der Waals surface area contributed by atoms with E-state index in [-0.39, 0.29) is 16.8 Å². The predicted octanol–water partition coefficient (Wildman–Crippen LogP) is 0.757. The second-order valence-electron chi connectivity index (χ2n) is 4.95. The van der Waals surface area contributed by atoms with E-state index in [0.29, 0.717) is 0 Å². The number of hydrogen-bond acceptors (Lipinski definition) is 3. The zero-order chi connectivity index (χ0) is 12.8. The minimum absolute atomic E-state index is 0.0505. The Morgan fingerprint density at radius 1 is 1.53 bits per heavy atom. The largest absolute Gasteiger partial charge is 0.393 e. The topological polar surface area (TPSA) is 58.4 Å². The van der Waals surface area contributed by atoms with Crippen LogP contribution in [0.15, 0.2) is 0 Å². The van der Waals surface area contributed by atoms with E-state index in [1.165, 1.54) is 25.9 Å². The molecule has 1 saturated heterocycles. The zero-order valence-corrected chi connectivity index (χ0v) is 11.6. The van der Waals surface area contributed by atoms with Gasteiger partial charge in [-0.15, -0.1) is 0 Å². The van der Waals surface area contributed by atoms with Crippen molar-refractivity contribution in [2.75, 3.05) is 26.7 Å². The molecule has 0 aliphatic carbocycles. The number of nitrogens with two attached hydrogens (primary N) is 1. The van der Waals surface area contributed by atoms with E-state index in [2.05, 4.69) is 17.3 Å². The van der Waals surface area contributed by atoms with Gasteiger partial charge in [0.05, 0.1) is 10.9 Å². The average Bonchev–Trinajstić information content (AvgIpc) is 2.30. The molecular weight excluding hydrogens is 234 g/mol. The van der Waals surface area contributed by atoms with Crippen LogP contribution in [0, 0.1) is 11.8 Å². The zero-order valence-electron chi connectivity index (χ0n) is 10.7. The average molecular weight is 257 g/mol. The van der Waals surface area contributed by atoms with Crippen molar-refractivity contribution in [3.8, 4) is 0 Å². The highest BCUT2D eigenvalue weighted by atomic mass is 32.1. The van der Waals surface area contributed by atoms with Gasteiger partial charge >= 0.3 is 0 Å². The number of thiocarbonyl (C=S) groups is 1. The first-order valence-electron chi connectivity index (χ1n) is 6.26. The maximum Gasteiger partial charge on any atom is 0.229 e. The van der Waals surface area contributed by atoms with Crippen molar-refractivity contribution in [1.82, 2.24) is 10.2 Å². The summed E-state index contributed by atoms with van der Waals surface area (Å²) in [6.45, 7) is 4.82. The van der Waals surface area contributed by atoms with E-state index in [9.17, 15) is 4.79 Å². The molecule has 1 fully saturated rings. The molecule has 1 atom stereocenters. The van der Waals surface area contributed by atoms with Crippen LogP contribution in [0.3, 0.4) is 0 Å². The standard InChI is InChI=1S/C12H23N3OS/c1-9(11(13)17)12(16)14-6-3-10-4-7-15(2)8-5-10/h9-10H,3-8H2,1-2H3,(H2,13,17)(H,14,16). The SMILES string of the molecule is CC(C(=O)NCCC1CCN(C)CC1)C(N)=S. The molecule has 0 aromatic heterocycles. The normalized spacial score (nSPS) is 19.9. The van der Waals surface area contributed by atoms with Crippen LogP contribution in [-0.4, -0.2) is 42.5 Å². The number of rotatable bonds is 5. The molecule has 0 saturated carbocycles. The van der Waals surface area contributed by atoms with Crippen molar-refractivity contribution >= 4 is 23.1 Å². The van der Waals surface area contributed by atoms with Crippen molar-refractivity contribution in [2.24, 2.45) is 17.6 Å². The van der Waals surface area contributed by atoms with Gasteiger partial charge in [-0.1, -0.05) is 12.2 Å². The number of amides is 1. The van der Waals surface area contributed by atoms with Gasteiger partial charge in [-0.2, -0.15) is 0 Å². The van der Waals surface area contributed by atoms with E-state index in [1.807, 2.05) is 0 Å². The third-order valence-electron chi connectivity index (χ3n) is 3.51. The number of piperidine rings is 1. The smallest absolute Gasteiger partial charge is 0.229 e. The monoisotopic (exact) mass is 257 g/mol. The number of likely N-dealkylation sites (tertiary alicyclic amines) is 1. The van der Waals surface area contributed by atoms with E-state index in [0.717, 1.165) is 18.9 Å². The third-order valence-corrected chi connectivity index (χ3v) is 3.86. The quantitative estimate of drug-likeness (QED) is 0.714. The summed E-state index contributed by atoms with van der Waals surface area (Å²) < 4.78 is 0. The fourth-order valence-corrected chi connectivity index (χ4v) is 2.14. The minimum Gasteiger partial charge on any atom is -0.393 e. The van der Waals surface area contributed by atoms with Crippen LogP contribution in [0.5, 0.6) is 0 Å². The lowest BCUT2D eigenvalue weighted by Gasteiger charge is -2.28. The van der Waals surface area contributed by atoms with Crippen LogP contribution in [0.4, 0.5) is 0 Å². The number of carbonyl (C=O) groups is 1. The Morgan fingerprint density at radius 2 is 2.12 bits per heavy atom. The number of nitrogens with zero attached hydrogens (tertiary/aromatic N) is 1. The number of hydrogen-bond donors (Lipinski definition) is 2. The van der Waals surface area contributed by atoms with Gasteiger partial charge in [-0.3, -0.25) is 4.79 Å². The molecule has 4 nitrogen and oxygen atoms in total. The van der Waals surface area contributed by atoms with Crippen LogP contribution in [0.25, 0.3) is 0 Å². The van der Waals surface area contributed by atoms with Gasteiger partial charge in [0.1, 0.15) is 0 Å². The molecule has 1 amide bonds. The molecule has 0 spiro atoms. The van der Waals surface area contributed by atoms with Gasteiger partial charge in [0.25, 0.3) is 0 Å². The lowest BCUT2D eigenvalue weighted by Crippen LogP contribution is -2.37. The Kier molecular flexibility index (Phi) is 5.85. The molecule has 1 heterocycles. The molecule has 0 aromatic carbocycles. The molecular formula is C12H23N3OS. The second kappa shape index (κ2) is 6.91. The first-order valence-corrected chi connectivity index (χ1v) is 6.67. The molecule has 1 rings (SSSR count). The second-order valence-corrected chi connectivity index (χ2v) is 5.42. The van der Waals surface area contributed by atoms with Crippen LogP contribution < -0.4 is 11.1 Å². The number of nitrogens with one attached hydrogen (secondary N) is 1. The highest BCUT2D eigenvalue weighted by Crippen LogP contribution is 2.18. The molecule has 1 aliphatic rings. The molecule has 1 aliphatic heterocycles. The Bertz CT molecular complexity index is 275. The molecule has 98 valence electrons. The molecule has 0 aromatic rings. The van der Waals surface area contributed by atoms with Crippen molar-refractivity contribution < 1.29 is 4.79 Å². The fourth-order valence-electron chi connectivity index (χ4n) is 2.03. The summed E-state index contributed by atoms with van der Waals surface area (Å²) in [5.74, 6) is 0.333. The van der Waals surface area contributed by atoms with Gasteiger partial charge in [0, 0.05) is 6.54 Å². The van der Waals surface area contributed by atoms with Gasteiger partial charge in [0.2, 0.25) is 5.91 Å². The molecule has 5 heteroatoms. The van der Waals surface area contributed by atoms with Crippen LogP contribution >= 0.6 is 12.2 Å². The highest BCUT2D eigenvalue weighted by Gasteiger charge is 2.18. The molecule has 0 bridgehead atoms. The van der Waals surface area contributed by atoms with Crippen molar-refractivity contribution in [3.63, 3.8) is 0 Å². The first kappa shape index (κ1) is 14.4. The van der Waals surface area contributed by atoms with Crippen LogP contribution in [0.2, 0.25) is 0 Å². The molecule has 3 N–H and O–H groups in total. The van der Waals surface area contributed by atoms with Gasteiger partial charge in [-0.05, 0) is 52.2 Å². The van der Waals surface area contributed by atoms with Crippen molar-refractivity contribution in [2.45, 2.75) is 26.2 Å². The minimum atomic E-state index is -0.359. The van der Waals surface area contributed by atoms with E-state index in [4.69, 9.17) is 18.0 Å². The molecule has 17 heavy (non-hydrogen) atoms. The third kappa shape index (κ3) is 5.00. The molecule has 0 radical (unpaired) electrons. The van der Waals surface area contributed by atoms with Crippen molar-refractivity contribution in [1.29, 1.82) is 0 Å². The summed E-state index contributed by atoms with van der Waals surface area (Å²) in [5, 5.41) is 2.90. The summed E-state index contributed by atoms with van der Waals surface area (Å²) in [6, 6.07) is 0. The Morgan fingerprint density at radius 3 is 2.65 bits per heavy atom. The van der Waals surface area contributed by atoms with Gasteiger partial charge in [0.15, 0.2) is 0 Å². The maximum absolute atomic E-state index is 11.6. The van der Waals surface area contributed by atoms with E-state index >= 15 is 0 Å².